The lowest BCUT2D eigenvalue weighted by Gasteiger charge is -2.26. The van der Waals surface area contributed by atoms with Gasteiger partial charge in [-0.15, -0.1) is 0 Å². The minimum atomic E-state index is -1.30. The molecule has 0 radical (unpaired) electrons. The van der Waals surface area contributed by atoms with E-state index in [1.165, 1.54) is 19.2 Å². The molecule has 1 atom stereocenters. The second kappa shape index (κ2) is 6.67. The summed E-state index contributed by atoms with van der Waals surface area (Å²) < 4.78 is 34.4. The van der Waals surface area contributed by atoms with Crippen LogP contribution >= 0.6 is 0 Å². The van der Waals surface area contributed by atoms with Gasteiger partial charge in [0.15, 0.2) is 0 Å². The Bertz CT molecular complexity index is 690. The van der Waals surface area contributed by atoms with E-state index in [2.05, 4.69) is 0 Å². The van der Waals surface area contributed by atoms with E-state index in [4.69, 9.17) is 4.74 Å². The summed E-state index contributed by atoms with van der Waals surface area (Å²) in [5, 5.41) is 9.33. The fraction of sp³-hybridized carbons (Fsp3) is 0.368. The van der Waals surface area contributed by atoms with Gasteiger partial charge in [-0.2, -0.15) is 0 Å². The number of aliphatic hydroxyl groups excluding tert-OH is 1. The highest BCUT2D eigenvalue weighted by Gasteiger charge is 2.29. The molecule has 0 fully saturated rings. The fourth-order valence-corrected chi connectivity index (χ4v) is 2.47. The van der Waals surface area contributed by atoms with E-state index >= 15 is 0 Å². The van der Waals surface area contributed by atoms with Gasteiger partial charge in [-0.05, 0) is 46.4 Å². The van der Waals surface area contributed by atoms with Crippen molar-refractivity contribution in [2.45, 2.75) is 33.5 Å². The van der Waals surface area contributed by atoms with Crippen LogP contribution in [0.5, 0.6) is 5.75 Å². The van der Waals surface area contributed by atoms with Gasteiger partial charge in [0.05, 0.1) is 13.7 Å². The third kappa shape index (κ3) is 3.70. The summed E-state index contributed by atoms with van der Waals surface area (Å²) >= 11 is 0. The maximum Gasteiger partial charge on any atom is 0.131 e. The van der Waals surface area contributed by atoms with E-state index in [0.29, 0.717) is 22.4 Å². The van der Waals surface area contributed by atoms with Crippen molar-refractivity contribution in [1.82, 2.24) is 0 Å². The fourth-order valence-electron chi connectivity index (χ4n) is 2.47. The molecule has 2 aromatic carbocycles. The van der Waals surface area contributed by atoms with Crippen molar-refractivity contribution in [2.24, 2.45) is 5.41 Å². The van der Waals surface area contributed by atoms with Gasteiger partial charge in [0.2, 0.25) is 0 Å². The van der Waals surface area contributed by atoms with Gasteiger partial charge in [-0.1, -0.05) is 32.9 Å². The molecule has 2 nitrogen and oxygen atoms in total. The maximum atomic E-state index is 15.0. The maximum absolute atomic E-state index is 15.0. The van der Waals surface area contributed by atoms with E-state index in [9.17, 15) is 13.9 Å². The Morgan fingerprint density at radius 1 is 1.09 bits per heavy atom. The first kappa shape index (κ1) is 17.4. The van der Waals surface area contributed by atoms with Crippen molar-refractivity contribution < 1.29 is 18.6 Å². The molecule has 4 heteroatoms. The van der Waals surface area contributed by atoms with Gasteiger partial charge in [0.1, 0.15) is 17.7 Å². The van der Waals surface area contributed by atoms with Crippen LogP contribution in [0.2, 0.25) is 0 Å². The average molecular weight is 320 g/mol. The predicted octanol–water partition coefficient (Wildman–Crippen LogP) is 5.05. The molecule has 0 bridgehead atoms. The molecule has 0 aliphatic heterocycles. The summed E-state index contributed by atoms with van der Waals surface area (Å²) in [5.74, 6) is 0.0645. The smallest absolute Gasteiger partial charge is 0.131 e. The van der Waals surface area contributed by atoms with E-state index < -0.39 is 17.4 Å². The molecule has 2 rings (SSSR count). The van der Waals surface area contributed by atoms with E-state index in [1.807, 2.05) is 0 Å². The van der Waals surface area contributed by atoms with Gasteiger partial charge >= 0.3 is 0 Å². The van der Waals surface area contributed by atoms with Gasteiger partial charge in [-0.25, -0.2) is 8.78 Å². The number of methoxy groups -OCH3 is 1. The summed E-state index contributed by atoms with van der Waals surface area (Å²) in [7, 11) is 1.50. The van der Waals surface area contributed by atoms with Crippen molar-refractivity contribution in [3.8, 4) is 16.9 Å². The molecular weight excluding hydrogens is 298 g/mol. The first-order valence-electron chi connectivity index (χ1n) is 7.49. The average Bonchev–Trinajstić information content (AvgIpc) is 2.53. The van der Waals surface area contributed by atoms with Crippen LogP contribution in [0.25, 0.3) is 11.1 Å². The normalized spacial score (nSPS) is 13.0. The molecule has 0 spiro atoms. The Kier molecular flexibility index (Phi) is 5.05. The van der Waals surface area contributed by atoms with Crippen molar-refractivity contribution in [2.75, 3.05) is 7.11 Å². The van der Waals surface area contributed by atoms with Crippen molar-refractivity contribution in [3.05, 3.63) is 53.3 Å². The molecule has 0 heterocycles. The van der Waals surface area contributed by atoms with Crippen LogP contribution in [0.3, 0.4) is 0 Å². The number of ether oxygens (including phenoxy) is 1. The predicted molar refractivity (Wildman–Crippen MR) is 87.6 cm³/mol. The van der Waals surface area contributed by atoms with Crippen molar-refractivity contribution in [3.63, 3.8) is 0 Å². The third-order valence-electron chi connectivity index (χ3n) is 3.80. The zero-order chi connectivity index (χ0) is 17.2. The lowest BCUT2D eigenvalue weighted by molar-refractivity contribution is 0.165. The number of alkyl halides is 1. The molecule has 124 valence electrons. The lowest BCUT2D eigenvalue weighted by Crippen LogP contribution is -2.15. The molecule has 1 N–H and O–H groups in total. The number of benzene rings is 2. The van der Waals surface area contributed by atoms with Crippen LogP contribution in [0.4, 0.5) is 8.78 Å². The third-order valence-corrected chi connectivity index (χ3v) is 3.80. The van der Waals surface area contributed by atoms with Crippen LogP contribution in [0, 0.1) is 11.2 Å². The summed E-state index contributed by atoms with van der Waals surface area (Å²) in [4.78, 5) is 0. The van der Waals surface area contributed by atoms with Gasteiger partial charge in [-0.3, -0.25) is 0 Å². The SMILES string of the molecule is COc1ccc(F)c(-c2ccc(CO)cc2[C@@H](F)C(C)(C)C)c1. The number of hydrogen-bond acceptors (Lipinski definition) is 2. The van der Waals surface area contributed by atoms with Crippen LogP contribution in [0.1, 0.15) is 38.1 Å². The molecular formula is C19H22F2O2. The summed E-state index contributed by atoms with van der Waals surface area (Å²) in [6.07, 6.45) is -1.30. The van der Waals surface area contributed by atoms with Crippen molar-refractivity contribution in [1.29, 1.82) is 0 Å². The van der Waals surface area contributed by atoms with E-state index in [0.717, 1.165) is 0 Å². The number of aliphatic hydroxyl groups is 1. The Labute approximate surface area is 135 Å². The van der Waals surface area contributed by atoms with Gasteiger partial charge in [0.25, 0.3) is 0 Å². The minimum absolute atomic E-state index is 0.190. The lowest BCUT2D eigenvalue weighted by atomic mass is 9.82. The standard InChI is InChI=1S/C19H22F2O2/c1-19(2,3)18(21)16-9-12(11-22)5-7-14(16)15-10-13(23-4)6-8-17(15)20/h5-10,18,22H,11H2,1-4H3/t18-/m1/s1. The quantitative estimate of drug-likeness (QED) is 0.854. The topological polar surface area (TPSA) is 29.5 Å². The van der Waals surface area contributed by atoms with Gasteiger partial charge < -0.3 is 9.84 Å². The summed E-state index contributed by atoms with van der Waals surface area (Å²) in [5.41, 5.74) is 1.09. The first-order chi connectivity index (χ1) is 10.8. The molecule has 23 heavy (non-hydrogen) atoms. The Morgan fingerprint density at radius 3 is 2.35 bits per heavy atom. The van der Waals surface area contributed by atoms with Crippen molar-refractivity contribution >= 4 is 0 Å². The van der Waals surface area contributed by atoms with E-state index in [-0.39, 0.29) is 12.2 Å². The molecule has 0 aliphatic carbocycles. The molecule has 2 aromatic rings. The minimum Gasteiger partial charge on any atom is -0.497 e. The van der Waals surface area contributed by atoms with Crippen LogP contribution < -0.4 is 4.74 Å². The van der Waals surface area contributed by atoms with Crippen LogP contribution in [0.15, 0.2) is 36.4 Å². The largest absolute Gasteiger partial charge is 0.497 e. The van der Waals surface area contributed by atoms with Crippen LogP contribution in [-0.2, 0) is 6.61 Å². The second-order valence-electron chi connectivity index (χ2n) is 6.65. The molecule has 0 saturated carbocycles. The monoisotopic (exact) mass is 320 g/mol. The highest BCUT2D eigenvalue weighted by molar-refractivity contribution is 5.70. The molecule has 0 aromatic heterocycles. The van der Waals surface area contributed by atoms with E-state index in [1.54, 1.807) is 45.0 Å². The van der Waals surface area contributed by atoms with Crippen LogP contribution in [-0.4, -0.2) is 12.2 Å². The first-order valence-corrected chi connectivity index (χ1v) is 7.49. The molecule has 0 aliphatic rings. The molecule has 0 saturated heterocycles. The summed E-state index contributed by atoms with van der Waals surface area (Å²) in [6.45, 7) is 5.17. The zero-order valence-corrected chi connectivity index (χ0v) is 13.9. The molecule has 0 unspecified atom stereocenters. The number of halogens is 2. The molecule has 0 amide bonds. The number of rotatable bonds is 4. The second-order valence-corrected chi connectivity index (χ2v) is 6.65. The van der Waals surface area contributed by atoms with Gasteiger partial charge in [0, 0.05) is 5.56 Å². The highest BCUT2D eigenvalue weighted by atomic mass is 19.1. The Balaban J connectivity index is 2.67. The Morgan fingerprint density at radius 2 is 1.78 bits per heavy atom. The summed E-state index contributed by atoms with van der Waals surface area (Å²) in [6, 6.07) is 9.32. The highest BCUT2D eigenvalue weighted by Crippen LogP contribution is 2.42. The number of hydrogen-bond donors (Lipinski definition) is 1. The zero-order valence-electron chi connectivity index (χ0n) is 13.9. The Hall–Kier alpha value is -1.94.